The number of nitrogens with one attached hydrogen (secondary N) is 1. The van der Waals surface area contributed by atoms with Crippen LogP contribution in [0.15, 0.2) is 18.2 Å². The molecule has 2 heterocycles. The summed E-state index contributed by atoms with van der Waals surface area (Å²) in [5.41, 5.74) is 9.18. The van der Waals surface area contributed by atoms with Gasteiger partial charge >= 0.3 is 0 Å². The van der Waals surface area contributed by atoms with Crippen molar-refractivity contribution < 1.29 is 4.79 Å². The first-order valence-electron chi connectivity index (χ1n) is 6.61. The summed E-state index contributed by atoms with van der Waals surface area (Å²) in [6, 6.07) is 6.23. The molecule has 96 valence electrons. The van der Waals surface area contributed by atoms with Crippen LogP contribution in [-0.2, 0) is 17.8 Å². The van der Waals surface area contributed by atoms with E-state index < -0.39 is 0 Å². The molecule has 4 heteroatoms. The molecule has 3 rings (SSSR count). The minimum absolute atomic E-state index is 0.259. The summed E-state index contributed by atoms with van der Waals surface area (Å²) in [5.74, 6) is 0.865. The second-order valence-electron chi connectivity index (χ2n) is 5.20. The largest absolute Gasteiger partial charge is 0.326 e. The molecule has 1 saturated heterocycles. The normalized spacial score (nSPS) is 19.6. The number of nitrogens with two attached hydrogens (primary N) is 1. The number of hydrogen-bond donors (Lipinski definition) is 2. The van der Waals surface area contributed by atoms with Gasteiger partial charge in [-0.2, -0.15) is 0 Å². The number of nitrogens with zero attached hydrogens (tertiary/aromatic N) is 1. The van der Waals surface area contributed by atoms with Gasteiger partial charge in [-0.25, -0.2) is 0 Å². The van der Waals surface area contributed by atoms with E-state index in [4.69, 9.17) is 5.73 Å². The van der Waals surface area contributed by atoms with Crippen molar-refractivity contribution in [1.29, 1.82) is 0 Å². The van der Waals surface area contributed by atoms with Crippen molar-refractivity contribution in [2.75, 3.05) is 24.5 Å². The van der Waals surface area contributed by atoms with Crippen LogP contribution in [0.3, 0.4) is 0 Å². The zero-order chi connectivity index (χ0) is 12.5. The first-order chi connectivity index (χ1) is 8.78. The summed E-state index contributed by atoms with van der Waals surface area (Å²) in [7, 11) is 0. The quantitative estimate of drug-likeness (QED) is 0.822. The molecule has 0 atom stereocenters. The third-order valence-electron chi connectivity index (χ3n) is 3.89. The van der Waals surface area contributed by atoms with Gasteiger partial charge in [0, 0.05) is 44.2 Å². The molecule has 1 amide bonds. The molecule has 4 nitrogen and oxygen atoms in total. The maximum Gasteiger partial charge on any atom is 0.227 e. The minimum atomic E-state index is 0.259. The highest BCUT2D eigenvalue weighted by atomic mass is 16.2. The smallest absolute Gasteiger partial charge is 0.227 e. The summed E-state index contributed by atoms with van der Waals surface area (Å²) in [6.07, 6.45) is 1.47. The number of aryl methyl sites for hydroxylation is 1. The lowest BCUT2D eigenvalue weighted by Gasteiger charge is -2.36. The van der Waals surface area contributed by atoms with Crippen LogP contribution in [0.5, 0.6) is 0 Å². The SMILES string of the molecule is NCc1ccc2c(c1)CCC(=O)N2CC1CNC1. The molecule has 3 N–H and O–H groups in total. The van der Waals surface area contributed by atoms with Gasteiger partial charge in [0.15, 0.2) is 0 Å². The van der Waals surface area contributed by atoms with Crippen molar-refractivity contribution >= 4 is 11.6 Å². The number of benzene rings is 1. The average molecular weight is 245 g/mol. The predicted octanol–water partition coefficient (Wildman–Crippen LogP) is 0.644. The van der Waals surface area contributed by atoms with Gasteiger partial charge < -0.3 is 16.0 Å². The topological polar surface area (TPSA) is 58.4 Å². The highest BCUT2D eigenvalue weighted by molar-refractivity contribution is 5.96. The van der Waals surface area contributed by atoms with E-state index in [9.17, 15) is 4.79 Å². The Bertz CT molecular complexity index is 468. The fourth-order valence-electron chi connectivity index (χ4n) is 2.68. The number of carbonyl (C=O) groups excluding carboxylic acids is 1. The summed E-state index contributed by atoms with van der Waals surface area (Å²) >= 11 is 0. The van der Waals surface area contributed by atoms with Gasteiger partial charge in [-0.1, -0.05) is 12.1 Å². The van der Waals surface area contributed by atoms with E-state index in [1.807, 2.05) is 11.0 Å². The van der Waals surface area contributed by atoms with E-state index in [2.05, 4.69) is 17.4 Å². The lowest BCUT2D eigenvalue weighted by molar-refractivity contribution is -0.119. The first-order valence-corrected chi connectivity index (χ1v) is 6.61. The molecule has 0 saturated carbocycles. The van der Waals surface area contributed by atoms with Crippen molar-refractivity contribution in [3.63, 3.8) is 0 Å². The zero-order valence-corrected chi connectivity index (χ0v) is 10.5. The van der Waals surface area contributed by atoms with Crippen LogP contribution in [0.4, 0.5) is 5.69 Å². The monoisotopic (exact) mass is 245 g/mol. The predicted molar refractivity (Wildman–Crippen MR) is 71.4 cm³/mol. The van der Waals surface area contributed by atoms with E-state index in [0.29, 0.717) is 18.9 Å². The van der Waals surface area contributed by atoms with Crippen LogP contribution in [0.2, 0.25) is 0 Å². The average Bonchev–Trinajstić information content (AvgIpc) is 2.35. The molecule has 0 unspecified atom stereocenters. The number of hydrogen-bond acceptors (Lipinski definition) is 3. The standard InChI is InChI=1S/C14H19N3O/c15-6-10-1-3-13-12(5-10)2-4-14(18)17(13)9-11-7-16-8-11/h1,3,5,11,16H,2,4,6-9,15H2. The molecule has 2 aliphatic heterocycles. The van der Waals surface area contributed by atoms with Gasteiger partial charge in [0.2, 0.25) is 5.91 Å². The van der Waals surface area contributed by atoms with E-state index in [1.165, 1.54) is 5.56 Å². The van der Waals surface area contributed by atoms with Crippen molar-refractivity contribution in [2.24, 2.45) is 11.7 Å². The Labute approximate surface area is 107 Å². The van der Waals surface area contributed by atoms with Crippen molar-refractivity contribution in [2.45, 2.75) is 19.4 Å². The van der Waals surface area contributed by atoms with Crippen LogP contribution in [-0.4, -0.2) is 25.5 Å². The van der Waals surface area contributed by atoms with E-state index >= 15 is 0 Å². The third kappa shape index (κ3) is 2.02. The Morgan fingerprint density at radius 1 is 1.33 bits per heavy atom. The molecule has 1 aromatic carbocycles. The summed E-state index contributed by atoms with van der Waals surface area (Å²) in [4.78, 5) is 14.0. The van der Waals surface area contributed by atoms with Crippen LogP contribution in [0, 0.1) is 5.92 Å². The van der Waals surface area contributed by atoms with Gasteiger partial charge in [-0.3, -0.25) is 4.79 Å². The molecule has 1 aromatic rings. The van der Waals surface area contributed by atoms with Crippen LogP contribution >= 0.6 is 0 Å². The number of carbonyl (C=O) groups is 1. The van der Waals surface area contributed by atoms with Gasteiger partial charge in [-0.15, -0.1) is 0 Å². The molecule has 0 radical (unpaired) electrons. The Balaban J connectivity index is 1.87. The molecule has 0 spiro atoms. The molecule has 0 bridgehead atoms. The number of anilines is 1. The first kappa shape index (κ1) is 11.7. The lowest BCUT2D eigenvalue weighted by atomic mass is 9.96. The number of amides is 1. The maximum atomic E-state index is 12.1. The molecular weight excluding hydrogens is 226 g/mol. The number of fused-ring (bicyclic) bond motifs is 1. The summed E-state index contributed by atoms with van der Waals surface area (Å²) < 4.78 is 0. The summed E-state index contributed by atoms with van der Waals surface area (Å²) in [5, 5.41) is 3.25. The van der Waals surface area contributed by atoms with E-state index in [-0.39, 0.29) is 5.91 Å². The highest BCUT2D eigenvalue weighted by Gasteiger charge is 2.28. The second kappa shape index (κ2) is 4.71. The fraction of sp³-hybridized carbons (Fsp3) is 0.500. The maximum absolute atomic E-state index is 12.1. The van der Waals surface area contributed by atoms with Crippen LogP contribution in [0.25, 0.3) is 0 Å². The molecule has 1 fully saturated rings. The molecule has 0 aromatic heterocycles. The molecular formula is C14H19N3O. The Hall–Kier alpha value is -1.39. The van der Waals surface area contributed by atoms with Gasteiger partial charge in [-0.05, 0) is 23.6 Å². The van der Waals surface area contributed by atoms with Crippen LogP contribution in [0.1, 0.15) is 17.5 Å². The molecule has 0 aliphatic carbocycles. The highest BCUT2D eigenvalue weighted by Crippen LogP contribution is 2.29. The fourth-order valence-corrected chi connectivity index (χ4v) is 2.68. The van der Waals surface area contributed by atoms with E-state index in [0.717, 1.165) is 37.3 Å². The zero-order valence-electron chi connectivity index (χ0n) is 10.5. The third-order valence-corrected chi connectivity index (χ3v) is 3.89. The summed E-state index contributed by atoms with van der Waals surface area (Å²) in [6.45, 7) is 3.47. The van der Waals surface area contributed by atoms with Crippen LogP contribution < -0.4 is 16.0 Å². The van der Waals surface area contributed by atoms with E-state index in [1.54, 1.807) is 0 Å². The van der Waals surface area contributed by atoms with Gasteiger partial charge in [0.1, 0.15) is 0 Å². The second-order valence-corrected chi connectivity index (χ2v) is 5.20. The van der Waals surface area contributed by atoms with Gasteiger partial charge in [0.25, 0.3) is 0 Å². The van der Waals surface area contributed by atoms with Gasteiger partial charge in [0.05, 0.1) is 0 Å². The van der Waals surface area contributed by atoms with Crippen molar-refractivity contribution in [3.8, 4) is 0 Å². The molecule has 2 aliphatic rings. The number of rotatable bonds is 3. The minimum Gasteiger partial charge on any atom is -0.326 e. The molecule has 18 heavy (non-hydrogen) atoms. The lowest BCUT2D eigenvalue weighted by Crippen LogP contribution is -2.50. The Morgan fingerprint density at radius 3 is 2.83 bits per heavy atom. The Morgan fingerprint density at radius 2 is 2.17 bits per heavy atom. The Kier molecular flexibility index (Phi) is 3.06. The van der Waals surface area contributed by atoms with Crippen molar-refractivity contribution in [3.05, 3.63) is 29.3 Å². The van der Waals surface area contributed by atoms with Crippen molar-refractivity contribution in [1.82, 2.24) is 5.32 Å².